The molecule has 1 N–H and O–H groups in total. The van der Waals surface area contributed by atoms with Crippen molar-refractivity contribution in [3.63, 3.8) is 0 Å². The highest BCUT2D eigenvalue weighted by Crippen LogP contribution is 2.37. The van der Waals surface area contributed by atoms with E-state index < -0.39 is 5.72 Å². The summed E-state index contributed by atoms with van der Waals surface area (Å²) in [5, 5.41) is 18.7. The third kappa shape index (κ3) is 3.81. The minimum atomic E-state index is -1.26. The molecule has 0 saturated carbocycles. The molecule has 0 fully saturated rings. The predicted molar refractivity (Wildman–Crippen MR) is 71.4 cm³/mol. The van der Waals surface area contributed by atoms with E-state index >= 15 is 0 Å². The van der Waals surface area contributed by atoms with Crippen molar-refractivity contribution >= 4 is 40.5 Å². The molecule has 0 saturated heterocycles. The van der Waals surface area contributed by atoms with Crippen molar-refractivity contribution in [1.29, 1.82) is 0 Å². The van der Waals surface area contributed by atoms with Crippen molar-refractivity contribution in [2.45, 2.75) is 26.5 Å². The number of hydrogen-bond acceptors (Lipinski definition) is 3. The fourth-order valence-corrected chi connectivity index (χ4v) is 1.79. The highest BCUT2D eigenvalue weighted by atomic mass is 35.5. The lowest BCUT2D eigenvalue weighted by atomic mass is 10.0. The Hall–Kier alpha value is -0.350. The van der Waals surface area contributed by atoms with Gasteiger partial charge in [-0.05, 0) is 19.1 Å². The van der Waals surface area contributed by atoms with Crippen molar-refractivity contribution in [3.8, 4) is 0 Å². The number of azo groups is 1. The number of halogens is 3. The SMILES string of the molecule is CC(C)C(C)(O)N=Nc1c(Cl)cc(Cl)cc1Cl. The van der Waals surface area contributed by atoms with Gasteiger partial charge >= 0.3 is 0 Å². The first-order valence-corrected chi connectivity index (χ1v) is 6.17. The normalized spacial score (nSPS) is 15.5. The first kappa shape index (κ1) is 14.7. The number of aliphatic hydroxyl groups is 1. The van der Waals surface area contributed by atoms with Crippen molar-refractivity contribution < 1.29 is 5.11 Å². The number of hydrogen-bond donors (Lipinski definition) is 1. The van der Waals surface area contributed by atoms with E-state index in [1.165, 1.54) is 12.1 Å². The van der Waals surface area contributed by atoms with Crippen LogP contribution in [0.3, 0.4) is 0 Å². The molecule has 0 amide bonds. The molecule has 1 aromatic carbocycles. The zero-order chi connectivity index (χ0) is 13.2. The minimum absolute atomic E-state index is 0.0731. The van der Waals surface area contributed by atoms with Crippen LogP contribution in [0.5, 0.6) is 0 Å². The summed E-state index contributed by atoms with van der Waals surface area (Å²) in [6.45, 7) is 5.24. The van der Waals surface area contributed by atoms with Gasteiger partial charge in [0.25, 0.3) is 0 Å². The Morgan fingerprint density at radius 2 is 1.65 bits per heavy atom. The van der Waals surface area contributed by atoms with Crippen LogP contribution in [0.15, 0.2) is 22.4 Å². The van der Waals surface area contributed by atoms with Crippen LogP contribution in [0.2, 0.25) is 15.1 Å². The van der Waals surface area contributed by atoms with Gasteiger partial charge in [0.05, 0.1) is 10.0 Å². The number of benzene rings is 1. The highest BCUT2D eigenvalue weighted by molar-refractivity contribution is 6.41. The van der Waals surface area contributed by atoms with Crippen LogP contribution in [0, 0.1) is 5.92 Å². The maximum Gasteiger partial charge on any atom is 0.175 e. The van der Waals surface area contributed by atoms with Gasteiger partial charge in [0.15, 0.2) is 5.72 Å². The van der Waals surface area contributed by atoms with E-state index in [1.54, 1.807) is 6.92 Å². The number of nitrogens with zero attached hydrogens (tertiary/aromatic N) is 2. The van der Waals surface area contributed by atoms with Gasteiger partial charge in [0, 0.05) is 10.9 Å². The van der Waals surface area contributed by atoms with Gasteiger partial charge in [-0.3, -0.25) is 0 Å². The second kappa shape index (κ2) is 5.53. The van der Waals surface area contributed by atoms with Gasteiger partial charge in [0.1, 0.15) is 5.69 Å². The van der Waals surface area contributed by atoms with Crippen molar-refractivity contribution in [1.82, 2.24) is 0 Å². The van der Waals surface area contributed by atoms with E-state index in [-0.39, 0.29) is 5.92 Å². The van der Waals surface area contributed by atoms with Crippen molar-refractivity contribution in [3.05, 3.63) is 27.2 Å². The van der Waals surface area contributed by atoms with E-state index in [1.807, 2.05) is 13.8 Å². The minimum Gasteiger partial charge on any atom is -0.368 e. The number of rotatable bonds is 3. The first-order valence-electron chi connectivity index (χ1n) is 5.04. The molecule has 0 bridgehead atoms. The molecule has 1 unspecified atom stereocenters. The van der Waals surface area contributed by atoms with Crippen LogP contribution in [-0.2, 0) is 0 Å². The maximum atomic E-state index is 9.92. The van der Waals surface area contributed by atoms with Gasteiger partial charge in [-0.1, -0.05) is 48.7 Å². The van der Waals surface area contributed by atoms with Gasteiger partial charge in [0.2, 0.25) is 0 Å². The summed E-state index contributed by atoms with van der Waals surface area (Å²) in [6.07, 6.45) is 0. The largest absolute Gasteiger partial charge is 0.368 e. The molecule has 0 aromatic heterocycles. The first-order chi connectivity index (χ1) is 7.74. The zero-order valence-corrected chi connectivity index (χ0v) is 12.0. The lowest BCUT2D eigenvalue weighted by Crippen LogP contribution is -2.27. The van der Waals surface area contributed by atoms with Crippen LogP contribution in [0.4, 0.5) is 5.69 Å². The van der Waals surface area contributed by atoms with Crippen molar-refractivity contribution in [2.75, 3.05) is 0 Å². The fourth-order valence-electron chi connectivity index (χ4n) is 0.897. The molecule has 0 aliphatic carbocycles. The lowest BCUT2D eigenvalue weighted by molar-refractivity contribution is 0.0159. The summed E-state index contributed by atoms with van der Waals surface area (Å²) in [4.78, 5) is 0. The monoisotopic (exact) mass is 294 g/mol. The third-order valence-electron chi connectivity index (χ3n) is 2.43. The lowest BCUT2D eigenvalue weighted by Gasteiger charge is -2.20. The summed E-state index contributed by atoms with van der Waals surface area (Å²) >= 11 is 17.7. The Balaban J connectivity index is 3.08. The van der Waals surface area contributed by atoms with Crippen LogP contribution in [0.1, 0.15) is 20.8 Å². The summed E-state index contributed by atoms with van der Waals surface area (Å²) < 4.78 is 0. The maximum absolute atomic E-state index is 9.92. The van der Waals surface area contributed by atoms with Crippen LogP contribution >= 0.6 is 34.8 Å². The molecule has 0 radical (unpaired) electrons. The third-order valence-corrected chi connectivity index (χ3v) is 3.22. The van der Waals surface area contributed by atoms with Gasteiger partial charge < -0.3 is 5.11 Å². The van der Waals surface area contributed by atoms with Gasteiger partial charge in [-0.15, -0.1) is 5.11 Å². The molecule has 94 valence electrons. The van der Waals surface area contributed by atoms with E-state index in [9.17, 15) is 5.11 Å². The molecule has 1 atom stereocenters. The molecule has 1 rings (SSSR count). The average molecular weight is 296 g/mol. The van der Waals surface area contributed by atoms with E-state index in [0.717, 1.165) is 0 Å². The molecule has 17 heavy (non-hydrogen) atoms. The second-order valence-corrected chi connectivity index (χ2v) is 5.42. The molecule has 0 aliphatic rings. The van der Waals surface area contributed by atoms with E-state index in [4.69, 9.17) is 34.8 Å². The molecule has 1 aromatic rings. The molecular weight excluding hydrogens is 282 g/mol. The Morgan fingerprint density at radius 1 is 1.18 bits per heavy atom. The molecule has 0 heterocycles. The smallest absolute Gasteiger partial charge is 0.175 e. The zero-order valence-electron chi connectivity index (χ0n) is 9.71. The molecular formula is C11H13Cl3N2O. The quantitative estimate of drug-likeness (QED) is 0.775. The summed E-state index contributed by atoms with van der Waals surface area (Å²) in [5.74, 6) is -0.0731. The van der Waals surface area contributed by atoms with Crippen LogP contribution < -0.4 is 0 Å². The molecule has 6 heteroatoms. The fraction of sp³-hybridized carbons (Fsp3) is 0.455. The Labute approximate surface area is 115 Å². The average Bonchev–Trinajstić information content (AvgIpc) is 2.15. The summed E-state index contributed by atoms with van der Waals surface area (Å²) in [7, 11) is 0. The summed E-state index contributed by atoms with van der Waals surface area (Å²) in [5.41, 5.74) is -0.953. The Kier molecular flexibility index (Phi) is 4.78. The molecule has 0 spiro atoms. The topological polar surface area (TPSA) is 45.0 Å². The molecule has 0 aliphatic heterocycles. The van der Waals surface area contributed by atoms with Crippen molar-refractivity contribution in [2.24, 2.45) is 16.1 Å². The second-order valence-electron chi connectivity index (χ2n) is 4.17. The highest BCUT2D eigenvalue weighted by Gasteiger charge is 2.24. The Bertz CT molecular complexity index is 421. The van der Waals surface area contributed by atoms with E-state index in [2.05, 4.69) is 10.2 Å². The standard InChI is InChI=1S/C11H13Cl3N2O/c1-6(2)11(3,17)16-15-10-8(13)4-7(12)5-9(10)14/h4-6,17H,1-3H3. The van der Waals surface area contributed by atoms with Crippen LogP contribution in [-0.4, -0.2) is 10.8 Å². The van der Waals surface area contributed by atoms with E-state index in [0.29, 0.717) is 20.8 Å². The van der Waals surface area contributed by atoms with Crippen LogP contribution in [0.25, 0.3) is 0 Å². The summed E-state index contributed by atoms with van der Waals surface area (Å²) in [6, 6.07) is 3.04. The molecule has 3 nitrogen and oxygen atoms in total. The van der Waals surface area contributed by atoms with Gasteiger partial charge in [-0.25, -0.2) is 0 Å². The Morgan fingerprint density at radius 3 is 2.06 bits per heavy atom. The predicted octanol–water partition coefficient (Wildman–Crippen LogP) is 5.10. The van der Waals surface area contributed by atoms with Gasteiger partial charge in [-0.2, -0.15) is 5.11 Å².